The predicted molar refractivity (Wildman–Crippen MR) is 66.7 cm³/mol. The van der Waals surface area contributed by atoms with E-state index in [9.17, 15) is 0 Å². The maximum absolute atomic E-state index is 4.68. The topological polar surface area (TPSA) is 53.6 Å². The highest BCUT2D eigenvalue weighted by atomic mass is 14.9. The van der Waals surface area contributed by atoms with E-state index in [0.29, 0.717) is 5.92 Å². The Morgan fingerprint density at radius 2 is 2.06 bits per heavy atom. The Morgan fingerprint density at radius 3 is 2.82 bits per heavy atom. The number of hydrogen-bond acceptors (Lipinski definition) is 3. The van der Waals surface area contributed by atoms with Crippen LogP contribution in [0.2, 0.25) is 0 Å². The number of hydrogen-bond donors (Lipinski definition) is 2. The van der Waals surface area contributed by atoms with E-state index >= 15 is 0 Å². The molecule has 0 spiro atoms. The molecule has 2 aromatic rings. The number of H-pyrrole nitrogens is 1. The Bertz CT molecular complexity index is 472. The maximum Gasteiger partial charge on any atom is 0.132 e. The van der Waals surface area contributed by atoms with Crippen LogP contribution in [0.25, 0.3) is 11.3 Å². The summed E-state index contributed by atoms with van der Waals surface area (Å²) in [5.41, 5.74) is 2.14. The molecule has 1 aliphatic rings. The van der Waals surface area contributed by atoms with Crippen LogP contribution in [0.5, 0.6) is 0 Å². The van der Waals surface area contributed by atoms with Gasteiger partial charge < -0.3 is 10.3 Å². The zero-order valence-electron chi connectivity index (χ0n) is 9.69. The van der Waals surface area contributed by atoms with Crippen LogP contribution in [0.3, 0.4) is 0 Å². The lowest BCUT2D eigenvalue weighted by Crippen LogP contribution is -2.27. The largest absolute Gasteiger partial charge is 0.367 e. The summed E-state index contributed by atoms with van der Waals surface area (Å²) in [4.78, 5) is 12.2. The van der Waals surface area contributed by atoms with Gasteiger partial charge in [-0.05, 0) is 38.1 Å². The van der Waals surface area contributed by atoms with Crippen molar-refractivity contribution in [2.24, 2.45) is 0 Å². The summed E-state index contributed by atoms with van der Waals surface area (Å²) in [6.45, 7) is 2.14. The van der Waals surface area contributed by atoms with Crippen molar-refractivity contribution in [2.75, 3.05) is 13.1 Å². The molecule has 4 nitrogen and oxygen atoms in total. The molecular weight excluding hydrogens is 212 g/mol. The van der Waals surface area contributed by atoms with E-state index in [4.69, 9.17) is 0 Å². The van der Waals surface area contributed by atoms with Gasteiger partial charge in [-0.2, -0.15) is 0 Å². The van der Waals surface area contributed by atoms with Gasteiger partial charge in [0.15, 0.2) is 0 Å². The van der Waals surface area contributed by atoms with Crippen LogP contribution in [0.1, 0.15) is 24.6 Å². The van der Waals surface area contributed by atoms with E-state index in [-0.39, 0.29) is 0 Å². The van der Waals surface area contributed by atoms with Gasteiger partial charge in [-0.3, -0.25) is 0 Å². The van der Waals surface area contributed by atoms with Crippen molar-refractivity contribution in [2.45, 2.75) is 18.8 Å². The van der Waals surface area contributed by atoms with Gasteiger partial charge in [0, 0.05) is 30.1 Å². The lowest BCUT2D eigenvalue weighted by Gasteiger charge is -2.21. The summed E-state index contributed by atoms with van der Waals surface area (Å²) >= 11 is 0. The third-order valence-corrected chi connectivity index (χ3v) is 3.27. The van der Waals surface area contributed by atoms with Crippen LogP contribution in [0.4, 0.5) is 0 Å². The molecular formula is C13H16N4. The highest BCUT2D eigenvalue weighted by Crippen LogP contribution is 2.24. The molecule has 0 bridgehead atoms. The van der Waals surface area contributed by atoms with E-state index in [1.807, 2.05) is 30.7 Å². The number of aromatic amines is 1. The monoisotopic (exact) mass is 228 g/mol. The average Bonchev–Trinajstić information content (AvgIpc) is 2.94. The minimum absolute atomic E-state index is 0.509. The third kappa shape index (κ3) is 2.22. The summed E-state index contributed by atoms with van der Waals surface area (Å²) in [5.74, 6) is 1.50. The molecule has 4 heteroatoms. The Hall–Kier alpha value is -1.68. The summed E-state index contributed by atoms with van der Waals surface area (Å²) < 4.78 is 0. The minimum Gasteiger partial charge on any atom is -0.367 e. The average molecular weight is 228 g/mol. The number of piperidine rings is 1. The maximum atomic E-state index is 4.68. The summed E-state index contributed by atoms with van der Waals surface area (Å²) in [7, 11) is 0. The van der Waals surface area contributed by atoms with Crippen LogP contribution in [0.15, 0.2) is 30.7 Å². The molecule has 0 radical (unpaired) electrons. The van der Waals surface area contributed by atoms with Gasteiger partial charge in [0.05, 0.1) is 5.69 Å². The smallest absolute Gasteiger partial charge is 0.132 e. The third-order valence-electron chi connectivity index (χ3n) is 3.27. The molecule has 1 aliphatic heterocycles. The number of aromatic nitrogens is 3. The summed E-state index contributed by atoms with van der Waals surface area (Å²) in [5, 5.41) is 3.37. The lowest BCUT2D eigenvalue weighted by molar-refractivity contribution is 0.445. The van der Waals surface area contributed by atoms with Crippen LogP contribution in [0, 0.1) is 0 Å². The lowest BCUT2D eigenvalue weighted by atomic mass is 9.97. The second kappa shape index (κ2) is 4.67. The molecule has 1 fully saturated rings. The first kappa shape index (κ1) is 10.5. The van der Waals surface area contributed by atoms with Crippen molar-refractivity contribution in [1.29, 1.82) is 0 Å². The second-order valence-corrected chi connectivity index (χ2v) is 4.42. The number of rotatable bonds is 2. The first-order valence-electron chi connectivity index (χ1n) is 6.10. The Balaban J connectivity index is 1.88. The van der Waals surface area contributed by atoms with Crippen LogP contribution in [-0.4, -0.2) is 28.0 Å². The SMILES string of the molecule is c1cc(-c2cc[nH]c2)nc(C2CCNCC2)n1. The van der Waals surface area contributed by atoms with Gasteiger partial charge in [0.25, 0.3) is 0 Å². The van der Waals surface area contributed by atoms with E-state index in [1.54, 1.807) is 0 Å². The molecule has 0 aromatic carbocycles. The van der Waals surface area contributed by atoms with Gasteiger partial charge in [0.2, 0.25) is 0 Å². The van der Waals surface area contributed by atoms with Gasteiger partial charge in [-0.15, -0.1) is 0 Å². The van der Waals surface area contributed by atoms with Crippen molar-refractivity contribution in [3.8, 4) is 11.3 Å². The van der Waals surface area contributed by atoms with Crippen LogP contribution >= 0.6 is 0 Å². The molecule has 0 amide bonds. The fraction of sp³-hybridized carbons (Fsp3) is 0.385. The Labute approximate surface area is 101 Å². The Morgan fingerprint density at radius 1 is 1.18 bits per heavy atom. The highest BCUT2D eigenvalue weighted by molar-refractivity contribution is 5.57. The first-order valence-corrected chi connectivity index (χ1v) is 6.10. The van der Waals surface area contributed by atoms with Gasteiger partial charge in [-0.25, -0.2) is 9.97 Å². The molecule has 3 rings (SSSR count). The molecule has 0 aliphatic carbocycles. The molecule has 3 heterocycles. The quantitative estimate of drug-likeness (QED) is 0.826. The van der Waals surface area contributed by atoms with E-state index in [0.717, 1.165) is 43.0 Å². The van der Waals surface area contributed by atoms with Gasteiger partial charge >= 0.3 is 0 Å². The molecule has 88 valence electrons. The molecule has 1 saturated heterocycles. The zero-order valence-corrected chi connectivity index (χ0v) is 9.69. The number of nitrogens with zero attached hydrogens (tertiary/aromatic N) is 2. The van der Waals surface area contributed by atoms with Crippen molar-refractivity contribution in [3.63, 3.8) is 0 Å². The molecule has 0 unspecified atom stereocenters. The van der Waals surface area contributed by atoms with E-state index < -0.39 is 0 Å². The molecule has 0 saturated carbocycles. The van der Waals surface area contributed by atoms with Crippen LogP contribution in [-0.2, 0) is 0 Å². The minimum atomic E-state index is 0.509. The summed E-state index contributed by atoms with van der Waals surface area (Å²) in [6, 6.07) is 4.00. The predicted octanol–water partition coefficient (Wildman–Crippen LogP) is 1.94. The molecule has 2 aromatic heterocycles. The van der Waals surface area contributed by atoms with Gasteiger partial charge in [0.1, 0.15) is 5.82 Å². The van der Waals surface area contributed by atoms with Crippen molar-refractivity contribution < 1.29 is 0 Å². The molecule has 17 heavy (non-hydrogen) atoms. The van der Waals surface area contributed by atoms with Crippen molar-refractivity contribution in [1.82, 2.24) is 20.3 Å². The van der Waals surface area contributed by atoms with Crippen LogP contribution < -0.4 is 5.32 Å². The standard InChI is InChI=1S/C13H16N4/c1-5-14-6-2-10(1)13-16-8-4-12(17-13)11-3-7-15-9-11/h3-4,7-10,14-15H,1-2,5-6H2. The van der Waals surface area contributed by atoms with E-state index in [1.165, 1.54) is 0 Å². The second-order valence-electron chi connectivity index (χ2n) is 4.42. The zero-order chi connectivity index (χ0) is 11.5. The fourth-order valence-corrected chi connectivity index (χ4v) is 2.29. The van der Waals surface area contributed by atoms with Crippen molar-refractivity contribution >= 4 is 0 Å². The number of nitrogens with one attached hydrogen (secondary N) is 2. The fourth-order valence-electron chi connectivity index (χ4n) is 2.29. The molecule has 0 atom stereocenters. The summed E-state index contributed by atoms with van der Waals surface area (Å²) in [6.07, 6.45) is 8.02. The van der Waals surface area contributed by atoms with Crippen molar-refractivity contribution in [3.05, 3.63) is 36.5 Å². The highest BCUT2D eigenvalue weighted by Gasteiger charge is 2.18. The molecule has 2 N–H and O–H groups in total. The Kier molecular flexibility index (Phi) is 2.88. The normalized spacial score (nSPS) is 17.2. The first-order chi connectivity index (χ1) is 8.43. The van der Waals surface area contributed by atoms with E-state index in [2.05, 4.69) is 20.3 Å². The van der Waals surface area contributed by atoms with Gasteiger partial charge in [-0.1, -0.05) is 0 Å².